The van der Waals surface area contributed by atoms with Gasteiger partial charge in [0.05, 0.1) is 5.69 Å². The van der Waals surface area contributed by atoms with Crippen molar-refractivity contribution in [3.8, 4) is 0 Å². The highest BCUT2D eigenvalue weighted by atomic mass is 32.2. The van der Waals surface area contributed by atoms with Gasteiger partial charge in [-0.2, -0.15) is 0 Å². The Hall–Kier alpha value is -1.60. The van der Waals surface area contributed by atoms with E-state index < -0.39 is 0 Å². The molecule has 0 spiro atoms. The fourth-order valence-corrected chi connectivity index (χ4v) is 3.59. The van der Waals surface area contributed by atoms with E-state index >= 15 is 0 Å². The number of aromatic nitrogens is 3. The maximum absolute atomic E-state index is 5.55. The molecule has 2 aromatic rings. The summed E-state index contributed by atoms with van der Waals surface area (Å²) in [4.78, 5) is 18.5. The lowest BCUT2D eigenvalue weighted by Crippen LogP contribution is -2.46. The molecule has 1 fully saturated rings. The molecule has 0 bridgehead atoms. The van der Waals surface area contributed by atoms with E-state index in [1.807, 2.05) is 6.26 Å². The molecule has 3 rings (SSSR count). The van der Waals surface area contributed by atoms with E-state index in [0.717, 1.165) is 60.8 Å². The Balaban J connectivity index is 1.66. The number of nitrogens with zero attached hydrogens (tertiary/aromatic N) is 5. The molecule has 136 valence electrons. The van der Waals surface area contributed by atoms with Crippen LogP contribution in [0.25, 0.3) is 0 Å². The Bertz CT molecular complexity index is 722. The molecule has 7 heteroatoms. The minimum absolute atomic E-state index is 0.371. The molecule has 0 unspecified atom stereocenters. The van der Waals surface area contributed by atoms with Crippen molar-refractivity contribution in [2.24, 2.45) is 0 Å². The van der Waals surface area contributed by atoms with Crippen molar-refractivity contribution in [1.82, 2.24) is 19.9 Å². The second-order valence-corrected chi connectivity index (χ2v) is 7.60. The fraction of sp³-hybridized carbons (Fsp3) is 0.611. The lowest BCUT2D eigenvalue weighted by atomic mass is 10.1. The van der Waals surface area contributed by atoms with E-state index in [0.29, 0.717) is 5.92 Å². The van der Waals surface area contributed by atoms with Crippen LogP contribution < -0.4 is 4.90 Å². The van der Waals surface area contributed by atoms with Crippen molar-refractivity contribution in [3.05, 3.63) is 29.1 Å². The SMILES string of the molecule is CSc1nc(C)c(C)c(N2CCN(Cc3ncoc3C(C)C)CC2)n1. The van der Waals surface area contributed by atoms with Crippen LogP contribution in [0.4, 0.5) is 5.82 Å². The average molecular weight is 362 g/mol. The predicted molar refractivity (Wildman–Crippen MR) is 101 cm³/mol. The zero-order chi connectivity index (χ0) is 18.0. The molecule has 3 heterocycles. The quantitative estimate of drug-likeness (QED) is 0.598. The zero-order valence-corrected chi connectivity index (χ0v) is 16.6. The van der Waals surface area contributed by atoms with Crippen LogP contribution in [0.1, 0.15) is 42.5 Å². The van der Waals surface area contributed by atoms with Crippen molar-refractivity contribution in [2.45, 2.75) is 45.3 Å². The average Bonchev–Trinajstić information content (AvgIpc) is 3.06. The molecule has 6 nitrogen and oxygen atoms in total. The van der Waals surface area contributed by atoms with Crippen LogP contribution in [0, 0.1) is 13.8 Å². The molecule has 0 aromatic carbocycles. The zero-order valence-electron chi connectivity index (χ0n) is 15.7. The lowest BCUT2D eigenvalue weighted by Gasteiger charge is -2.36. The third kappa shape index (κ3) is 3.98. The molecule has 1 saturated heterocycles. The topological polar surface area (TPSA) is 58.3 Å². The van der Waals surface area contributed by atoms with E-state index in [4.69, 9.17) is 9.40 Å². The van der Waals surface area contributed by atoms with Crippen molar-refractivity contribution >= 4 is 17.6 Å². The molecule has 1 aliphatic heterocycles. The highest BCUT2D eigenvalue weighted by molar-refractivity contribution is 7.98. The Kier molecular flexibility index (Phi) is 5.64. The van der Waals surface area contributed by atoms with Crippen LogP contribution in [0.2, 0.25) is 0 Å². The first-order valence-electron chi connectivity index (χ1n) is 8.78. The highest BCUT2D eigenvalue weighted by Crippen LogP contribution is 2.25. The summed E-state index contributed by atoms with van der Waals surface area (Å²) in [6.07, 6.45) is 3.59. The minimum atomic E-state index is 0.371. The summed E-state index contributed by atoms with van der Waals surface area (Å²) in [5, 5.41) is 0.852. The van der Waals surface area contributed by atoms with Crippen molar-refractivity contribution in [3.63, 3.8) is 0 Å². The third-order valence-electron chi connectivity index (χ3n) is 4.77. The van der Waals surface area contributed by atoms with E-state index in [1.54, 1.807) is 18.2 Å². The smallest absolute Gasteiger partial charge is 0.189 e. The summed E-state index contributed by atoms with van der Waals surface area (Å²) < 4.78 is 5.55. The van der Waals surface area contributed by atoms with Gasteiger partial charge in [-0.25, -0.2) is 15.0 Å². The Morgan fingerprint density at radius 2 is 1.88 bits per heavy atom. The fourth-order valence-electron chi connectivity index (χ4n) is 3.18. The normalized spacial score (nSPS) is 16.0. The maximum Gasteiger partial charge on any atom is 0.189 e. The summed E-state index contributed by atoms with van der Waals surface area (Å²) in [6, 6.07) is 0. The van der Waals surface area contributed by atoms with Crippen LogP contribution in [0.15, 0.2) is 16.0 Å². The molecule has 0 radical (unpaired) electrons. The Morgan fingerprint density at radius 3 is 2.52 bits per heavy atom. The van der Waals surface area contributed by atoms with Crippen molar-refractivity contribution in [1.29, 1.82) is 0 Å². The standard InChI is InChI=1S/C18H27N5OS/c1-12(2)16-15(19-11-24-16)10-22-6-8-23(9-7-22)17-13(3)14(4)20-18(21-17)25-5/h11-12H,6-10H2,1-5H3. The molecule has 0 saturated carbocycles. The third-order valence-corrected chi connectivity index (χ3v) is 5.32. The summed E-state index contributed by atoms with van der Waals surface area (Å²) in [5.74, 6) is 2.46. The monoisotopic (exact) mass is 361 g/mol. The van der Waals surface area contributed by atoms with E-state index in [-0.39, 0.29) is 0 Å². The van der Waals surface area contributed by atoms with Gasteiger partial charge < -0.3 is 9.32 Å². The summed E-state index contributed by atoms with van der Waals surface area (Å²) >= 11 is 1.60. The number of hydrogen-bond acceptors (Lipinski definition) is 7. The first kappa shape index (κ1) is 18.2. The number of piperazine rings is 1. The van der Waals surface area contributed by atoms with Gasteiger partial charge in [0.25, 0.3) is 0 Å². The van der Waals surface area contributed by atoms with Crippen LogP contribution in [0.5, 0.6) is 0 Å². The van der Waals surface area contributed by atoms with Gasteiger partial charge in [0, 0.05) is 49.9 Å². The van der Waals surface area contributed by atoms with Crippen LogP contribution in [0.3, 0.4) is 0 Å². The predicted octanol–water partition coefficient (Wildman–Crippen LogP) is 3.25. The minimum Gasteiger partial charge on any atom is -0.448 e. The van der Waals surface area contributed by atoms with Crippen LogP contribution in [-0.4, -0.2) is 52.3 Å². The highest BCUT2D eigenvalue weighted by Gasteiger charge is 2.23. The Labute approximate surface area is 154 Å². The second-order valence-electron chi connectivity index (χ2n) is 6.83. The van der Waals surface area contributed by atoms with E-state index in [2.05, 4.69) is 47.5 Å². The number of anilines is 1. The van der Waals surface area contributed by atoms with Crippen molar-refractivity contribution < 1.29 is 4.42 Å². The number of thioether (sulfide) groups is 1. The molecule has 0 atom stereocenters. The summed E-state index contributed by atoms with van der Waals surface area (Å²) in [6.45, 7) is 13.3. The van der Waals surface area contributed by atoms with Gasteiger partial charge in [-0.3, -0.25) is 4.90 Å². The van der Waals surface area contributed by atoms with Gasteiger partial charge in [-0.15, -0.1) is 0 Å². The summed E-state index contributed by atoms with van der Waals surface area (Å²) in [5.41, 5.74) is 3.33. The first-order chi connectivity index (χ1) is 12.0. The number of rotatable bonds is 5. The molecular formula is C18H27N5OS. The van der Waals surface area contributed by atoms with Crippen molar-refractivity contribution in [2.75, 3.05) is 37.3 Å². The number of aryl methyl sites for hydroxylation is 1. The first-order valence-corrected chi connectivity index (χ1v) is 10.0. The van der Waals surface area contributed by atoms with Gasteiger partial charge >= 0.3 is 0 Å². The maximum atomic E-state index is 5.55. The summed E-state index contributed by atoms with van der Waals surface area (Å²) in [7, 11) is 0. The van der Waals surface area contributed by atoms with Gasteiger partial charge in [0.15, 0.2) is 11.6 Å². The van der Waals surface area contributed by atoms with E-state index in [1.165, 1.54) is 5.56 Å². The number of hydrogen-bond donors (Lipinski definition) is 0. The van der Waals surface area contributed by atoms with Gasteiger partial charge in [-0.05, 0) is 20.1 Å². The van der Waals surface area contributed by atoms with E-state index in [9.17, 15) is 0 Å². The molecule has 0 amide bonds. The molecule has 0 N–H and O–H groups in total. The second kappa shape index (κ2) is 7.74. The Morgan fingerprint density at radius 1 is 1.16 bits per heavy atom. The van der Waals surface area contributed by atoms with Crippen LogP contribution >= 0.6 is 11.8 Å². The largest absolute Gasteiger partial charge is 0.448 e. The molecule has 1 aliphatic rings. The number of oxazole rings is 1. The van der Waals surface area contributed by atoms with Crippen LogP contribution in [-0.2, 0) is 6.54 Å². The molecule has 2 aromatic heterocycles. The van der Waals surface area contributed by atoms with Gasteiger partial charge in [-0.1, -0.05) is 25.6 Å². The molecule has 0 aliphatic carbocycles. The lowest BCUT2D eigenvalue weighted by molar-refractivity contribution is 0.244. The molecule has 25 heavy (non-hydrogen) atoms. The molecular weight excluding hydrogens is 334 g/mol. The van der Waals surface area contributed by atoms with Gasteiger partial charge in [0.2, 0.25) is 0 Å². The van der Waals surface area contributed by atoms with Gasteiger partial charge in [0.1, 0.15) is 11.6 Å².